The first-order valence-electron chi connectivity index (χ1n) is 7.77. The van der Waals surface area contributed by atoms with Gasteiger partial charge in [-0.2, -0.15) is 0 Å². The van der Waals surface area contributed by atoms with E-state index in [1.165, 1.54) is 0 Å². The molecule has 0 aliphatic carbocycles. The summed E-state index contributed by atoms with van der Waals surface area (Å²) in [5.74, 6) is 0. The van der Waals surface area contributed by atoms with Crippen LogP contribution in [0.3, 0.4) is 0 Å². The summed E-state index contributed by atoms with van der Waals surface area (Å²) < 4.78 is 5.47. The molecule has 1 aliphatic rings. The van der Waals surface area contributed by atoms with Crippen LogP contribution in [-0.4, -0.2) is 57.1 Å². The maximum atomic E-state index is 12.2. The molecule has 6 heteroatoms. The molecule has 2 rings (SSSR count). The Bertz CT molecular complexity index is 501. The third kappa shape index (κ3) is 4.16. The van der Waals surface area contributed by atoms with Crippen molar-refractivity contribution in [3.8, 4) is 0 Å². The molecular weight excluding hydrogens is 280 g/mol. The normalized spacial score (nSPS) is 21.5. The Balaban J connectivity index is 1.96. The number of piperazine rings is 1. The topological polar surface area (TPSA) is 58.6 Å². The fourth-order valence-electron chi connectivity index (χ4n) is 2.64. The Kier molecular flexibility index (Phi) is 5.01. The van der Waals surface area contributed by atoms with Crippen LogP contribution in [0.25, 0.3) is 0 Å². The zero-order valence-corrected chi connectivity index (χ0v) is 14.1. The summed E-state index contributed by atoms with van der Waals surface area (Å²) in [6.45, 7) is 12.1. The Morgan fingerprint density at radius 2 is 2.09 bits per heavy atom. The predicted octanol–water partition coefficient (Wildman–Crippen LogP) is 2.48. The summed E-state index contributed by atoms with van der Waals surface area (Å²) >= 11 is 0. The largest absolute Gasteiger partial charge is 0.444 e. The summed E-state index contributed by atoms with van der Waals surface area (Å²) in [5, 5.41) is 0. The molecule has 1 aliphatic heterocycles. The van der Waals surface area contributed by atoms with Gasteiger partial charge in [-0.1, -0.05) is 0 Å². The third-order valence-electron chi connectivity index (χ3n) is 3.85. The molecule has 122 valence electrons. The van der Waals surface area contributed by atoms with Crippen LogP contribution in [0.4, 0.5) is 4.79 Å². The number of amides is 1. The van der Waals surface area contributed by atoms with E-state index in [0.29, 0.717) is 6.54 Å². The zero-order valence-electron chi connectivity index (χ0n) is 14.1. The molecule has 0 radical (unpaired) electrons. The van der Waals surface area contributed by atoms with Gasteiger partial charge in [0.2, 0.25) is 0 Å². The molecule has 0 aromatic carbocycles. The summed E-state index contributed by atoms with van der Waals surface area (Å²) in [5.41, 5.74) is 0.501. The molecule has 1 saturated heterocycles. The lowest BCUT2D eigenvalue weighted by Gasteiger charge is -2.42. The number of carbonyl (C=O) groups excluding carboxylic acids is 1. The van der Waals surface area contributed by atoms with Crippen LogP contribution >= 0.6 is 0 Å². The van der Waals surface area contributed by atoms with Crippen molar-refractivity contribution in [2.24, 2.45) is 0 Å². The molecular formula is C16H26N4O2. The first-order valence-corrected chi connectivity index (χ1v) is 7.77. The van der Waals surface area contributed by atoms with Crippen LogP contribution in [0.15, 0.2) is 18.6 Å². The van der Waals surface area contributed by atoms with Gasteiger partial charge in [-0.15, -0.1) is 0 Å². The maximum absolute atomic E-state index is 12.2. The molecule has 1 aromatic heterocycles. The highest BCUT2D eigenvalue weighted by molar-refractivity contribution is 5.68. The number of carbonyl (C=O) groups is 1. The lowest BCUT2D eigenvalue weighted by molar-refractivity contribution is -0.00373. The van der Waals surface area contributed by atoms with Gasteiger partial charge in [0.25, 0.3) is 0 Å². The molecule has 0 spiro atoms. The monoisotopic (exact) mass is 306 g/mol. The van der Waals surface area contributed by atoms with Crippen molar-refractivity contribution in [3.05, 3.63) is 24.3 Å². The van der Waals surface area contributed by atoms with Gasteiger partial charge in [-0.3, -0.25) is 14.9 Å². The highest BCUT2D eigenvalue weighted by Crippen LogP contribution is 2.22. The van der Waals surface area contributed by atoms with Crippen molar-refractivity contribution >= 4 is 6.09 Å². The SMILES string of the molecule is CC(c1cnccn1)N1CCN(C(=O)OC(C)(C)C)[C@H](C)C1. The van der Waals surface area contributed by atoms with Crippen LogP contribution in [0.2, 0.25) is 0 Å². The van der Waals surface area contributed by atoms with Gasteiger partial charge < -0.3 is 9.64 Å². The van der Waals surface area contributed by atoms with Gasteiger partial charge in [-0.25, -0.2) is 4.79 Å². The average molecular weight is 306 g/mol. The van der Waals surface area contributed by atoms with Crippen LogP contribution < -0.4 is 0 Å². The van der Waals surface area contributed by atoms with Gasteiger partial charge in [0, 0.05) is 44.3 Å². The molecule has 1 aromatic rings. The first kappa shape index (κ1) is 16.7. The summed E-state index contributed by atoms with van der Waals surface area (Å²) in [6, 6.07) is 0.305. The maximum Gasteiger partial charge on any atom is 0.410 e. The molecule has 0 saturated carbocycles. The van der Waals surface area contributed by atoms with Crippen molar-refractivity contribution in [2.75, 3.05) is 19.6 Å². The van der Waals surface area contributed by atoms with Crippen LogP contribution in [0.1, 0.15) is 46.4 Å². The van der Waals surface area contributed by atoms with Crippen molar-refractivity contribution in [1.82, 2.24) is 19.8 Å². The molecule has 0 N–H and O–H groups in total. The number of rotatable bonds is 2. The molecule has 1 fully saturated rings. The summed E-state index contributed by atoms with van der Waals surface area (Å²) in [4.78, 5) is 24.9. The number of aromatic nitrogens is 2. The van der Waals surface area contributed by atoms with Crippen LogP contribution in [0.5, 0.6) is 0 Å². The quantitative estimate of drug-likeness (QED) is 0.840. The third-order valence-corrected chi connectivity index (χ3v) is 3.85. The highest BCUT2D eigenvalue weighted by Gasteiger charge is 2.32. The van der Waals surface area contributed by atoms with E-state index >= 15 is 0 Å². The van der Waals surface area contributed by atoms with E-state index in [9.17, 15) is 4.79 Å². The molecule has 1 unspecified atom stereocenters. The predicted molar refractivity (Wildman–Crippen MR) is 84.4 cm³/mol. The Labute approximate surface area is 132 Å². The molecule has 2 atom stereocenters. The second kappa shape index (κ2) is 6.60. The molecule has 22 heavy (non-hydrogen) atoms. The first-order chi connectivity index (χ1) is 10.3. The van der Waals surface area contributed by atoms with E-state index in [2.05, 4.69) is 28.7 Å². The van der Waals surface area contributed by atoms with Crippen molar-refractivity contribution in [2.45, 2.75) is 52.3 Å². The van der Waals surface area contributed by atoms with E-state index < -0.39 is 5.60 Å². The minimum atomic E-state index is -0.457. The van der Waals surface area contributed by atoms with Gasteiger partial charge in [0.1, 0.15) is 5.60 Å². The van der Waals surface area contributed by atoms with E-state index in [1.807, 2.05) is 25.7 Å². The van der Waals surface area contributed by atoms with Crippen molar-refractivity contribution < 1.29 is 9.53 Å². The van der Waals surface area contributed by atoms with Crippen LogP contribution in [0, 0.1) is 0 Å². The Morgan fingerprint density at radius 1 is 1.36 bits per heavy atom. The van der Waals surface area contributed by atoms with Crippen LogP contribution in [-0.2, 0) is 4.74 Å². The van der Waals surface area contributed by atoms with Crippen molar-refractivity contribution in [1.29, 1.82) is 0 Å². The Morgan fingerprint density at radius 3 is 2.64 bits per heavy atom. The van der Waals surface area contributed by atoms with Gasteiger partial charge in [-0.05, 0) is 34.6 Å². The smallest absolute Gasteiger partial charge is 0.410 e. The standard InChI is InChI=1S/C16H26N4O2/c1-12-11-19(13(2)14-10-17-6-7-18-14)8-9-20(12)15(21)22-16(3,4)5/h6-7,10,12-13H,8-9,11H2,1-5H3/t12-,13?/m1/s1. The van der Waals surface area contributed by atoms with Crippen molar-refractivity contribution in [3.63, 3.8) is 0 Å². The number of ether oxygens (including phenoxy) is 1. The number of hydrogen-bond donors (Lipinski definition) is 0. The second-order valence-electron chi connectivity index (χ2n) is 6.82. The average Bonchev–Trinajstić information content (AvgIpc) is 2.45. The van der Waals surface area contributed by atoms with Gasteiger partial charge in [0.05, 0.1) is 11.7 Å². The van der Waals surface area contributed by atoms with Gasteiger partial charge >= 0.3 is 6.09 Å². The number of hydrogen-bond acceptors (Lipinski definition) is 5. The van der Waals surface area contributed by atoms with E-state index in [1.54, 1.807) is 18.6 Å². The number of nitrogens with zero attached hydrogens (tertiary/aromatic N) is 4. The van der Waals surface area contributed by atoms with E-state index in [4.69, 9.17) is 4.74 Å². The second-order valence-corrected chi connectivity index (χ2v) is 6.82. The van der Waals surface area contributed by atoms with E-state index in [-0.39, 0.29) is 18.2 Å². The fourth-order valence-corrected chi connectivity index (χ4v) is 2.64. The minimum absolute atomic E-state index is 0.114. The highest BCUT2D eigenvalue weighted by atomic mass is 16.6. The molecule has 0 bridgehead atoms. The molecule has 2 heterocycles. The molecule has 6 nitrogen and oxygen atoms in total. The summed E-state index contributed by atoms with van der Waals surface area (Å²) in [7, 11) is 0. The molecule has 1 amide bonds. The van der Waals surface area contributed by atoms with E-state index in [0.717, 1.165) is 18.8 Å². The van der Waals surface area contributed by atoms with Gasteiger partial charge in [0.15, 0.2) is 0 Å². The lowest BCUT2D eigenvalue weighted by Crippen LogP contribution is -2.55. The zero-order chi connectivity index (χ0) is 16.3. The fraction of sp³-hybridized carbons (Fsp3) is 0.688. The minimum Gasteiger partial charge on any atom is -0.444 e. The lowest BCUT2D eigenvalue weighted by atomic mass is 10.1. The Hall–Kier alpha value is -1.69. The summed E-state index contributed by atoms with van der Waals surface area (Å²) in [6.07, 6.45) is 4.97.